The van der Waals surface area contributed by atoms with Gasteiger partial charge in [0.05, 0.1) is 6.04 Å². The molecule has 0 bridgehead atoms. The van der Waals surface area contributed by atoms with Crippen LogP contribution >= 0.6 is 0 Å². The Kier molecular flexibility index (Phi) is 5.48. The molecule has 2 aromatic rings. The van der Waals surface area contributed by atoms with Crippen molar-refractivity contribution in [3.8, 4) is 0 Å². The maximum atomic E-state index is 5.87. The molecular weight excluding hydrogens is 312 g/mol. The molecule has 0 amide bonds. The lowest BCUT2D eigenvalue weighted by molar-refractivity contribution is 0.136. The number of nitrogens with zero attached hydrogens (tertiary/aromatic N) is 5. The number of hydrogen-bond donors (Lipinski definition) is 1. The number of nitrogens with two attached hydrogens (primary N) is 1. The highest BCUT2D eigenvalue weighted by molar-refractivity contribution is 5.33. The van der Waals surface area contributed by atoms with E-state index >= 15 is 0 Å². The van der Waals surface area contributed by atoms with E-state index in [2.05, 4.69) is 57.1 Å². The minimum absolute atomic E-state index is 0.154. The molecule has 0 spiro atoms. The summed E-state index contributed by atoms with van der Waals surface area (Å²) in [7, 11) is 3.83. The minimum atomic E-state index is 0.154. The van der Waals surface area contributed by atoms with Crippen LogP contribution in [0.4, 0.5) is 11.9 Å². The molecule has 134 valence electrons. The number of likely N-dealkylation sites (tertiary alicyclic amines) is 1. The molecule has 1 aliphatic rings. The van der Waals surface area contributed by atoms with Crippen LogP contribution in [0.3, 0.4) is 0 Å². The molecule has 0 aliphatic carbocycles. The smallest absolute Gasteiger partial charge is 0.229 e. The molecule has 1 aliphatic heterocycles. The van der Waals surface area contributed by atoms with Crippen molar-refractivity contribution in [1.82, 2.24) is 19.9 Å². The van der Waals surface area contributed by atoms with Crippen LogP contribution in [0, 0.1) is 5.92 Å². The van der Waals surface area contributed by atoms with E-state index in [9.17, 15) is 0 Å². The second-order valence-corrected chi connectivity index (χ2v) is 7.09. The van der Waals surface area contributed by atoms with Crippen molar-refractivity contribution in [2.75, 3.05) is 37.8 Å². The first kappa shape index (κ1) is 17.6. The Labute approximate surface area is 150 Å². The second-order valence-electron chi connectivity index (χ2n) is 7.09. The Bertz CT molecular complexity index is 680. The van der Waals surface area contributed by atoms with Crippen molar-refractivity contribution in [1.29, 1.82) is 0 Å². The molecule has 0 unspecified atom stereocenters. The van der Waals surface area contributed by atoms with Crippen LogP contribution in [0.2, 0.25) is 0 Å². The van der Waals surface area contributed by atoms with Gasteiger partial charge in [-0.3, -0.25) is 4.90 Å². The summed E-state index contributed by atoms with van der Waals surface area (Å²) in [4.78, 5) is 17.4. The highest BCUT2D eigenvalue weighted by Gasteiger charge is 2.25. The molecule has 3 rings (SSSR count). The van der Waals surface area contributed by atoms with E-state index in [-0.39, 0.29) is 6.04 Å². The third-order valence-electron chi connectivity index (χ3n) is 5.00. The molecule has 6 heteroatoms. The molecule has 1 aromatic heterocycles. The van der Waals surface area contributed by atoms with Gasteiger partial charge in [-0.05, 0) is 50.8 Å². The van der Waals surface area contributed by atoms with Crippen molar-refractivity contribution in [3.63, 3.8) is 0 Å². The predicted molar refractivity (Wildman–Crippen MR) is 101 cm³/mol. The average molecular weight is 340 g/mol. The second kappa shape index (κ2) is 7.78. The minimum Gasteiger partial charge on any atom is -0.368 e. The largest absolute Gasteiger partial charge is 0.368 e. The fraction of sp³-hybridized carbons (Fsp3) is 0.526. The van der Waals surface area contributed by atoms with Crippen LogP contribution in [-0.2, 0) is 6.42 Å². The van der Waals surface area contributed by atoms with E-state index in [0.29, 0.717) is 11.9 Å². The number of rotatable bonds is 5. The number of benzene rings is 1. The lowest BCUT2D eigenvalue weighted by Gasteiger charge is -2.35. The summed E-state index contributed by atoms with van der Waals surface area (Å²) in [5.74, 6) is 2.43. The predicted octanol–water partition coefficient (Wildman–Crippen LogP) is 2.54. The van der Waals surface area contributed by atoms with E-state index in [4.69, 9.17) is 5.73 Å². The first-order valence-corrected chi connectivity index (χ1v) is 8.99. The van der Waals surface area contributed by atoms with E-state index in [1.54, 1.807) is 0 Å². The summed E-state index contributed by atoms with van der Waals surface area (Å²) in [6, 6.07) is 10.9. The zero-order valence-electron chi connectivity index (χ0n) is 15.4. The molecule has 2 N–H and O–H groups in total. The topological polar surface area (TPSA) is 71.2 Å². The van der Waals surface area contributed by atoms with Crippen LogP contribution in [0.25, 0.3) is 0 Å². The average Bonchev–Trinajstić information content (AvgIpc) is 2.62. The quantitative estimate of drug-likeness (QED) is 0.902. The van der Waals surface area contributed by atoms with Crippen molar-refractivity contribution in [2.45, 2.75) is 32.2 Å². The maximum absolute atomic E-state index is 5.87. The number of anilines is 2. The summed E-state index contributed by atoms with van der Waals surface area (Å²) < 4.78 is 0. The van der Waals surface area contributed by atoms with Gasteiger partial charge in [0.1, 0.15) is 0 Å². The third-order valence-corrected chi connectivity index (χ3v) is 5.00. The van der Waals surface area contributed by atoms with Crippen molar-refractivity contribution < 1.29 is 0 Å². The van der Waals surface area contributed by atoms with Gasteiger partial charge in [0.15, 0.2) is 5.82 Å². The Morgan fingerprint density at radius 2 is 1.80 bits per heavy atom. The highest BCUT2D eigenvalue weighted by Crippen LogP contribution is 2.27. The molecule has 2 heterocycles. The highest BCUT2D eigenvalue weighted by atomic mass is 15.3. The van der Waals surface area contributed by atoms with E-state index in [0.717, 1.165) is 24.8 Å². The van der Waals surface area contributed by atoms with Gasteiger partial charge < -0.3 is 10.6 Å². The third kappa shape index (κ3) is 4.45. The number of piperidine rings is 1. The van der Waals surface area contributed by atoms with Gasteiger partial charge in [0.25, 0.3) is 0 Å². The summed E-state index contributed by atoms with van der Waals surface area (Å²) in [5.41, 5.74) is 7.30. The summed E-state index contributed by atoms with van der Waals surface area (Å²) in [5, 5.41) is 0. The Morgan fingerprint density at radius 1 is 1.12 bits per heavy atom. The summed E-state index contributed by atoms with van der Waals surface area (Å²) in [6.07, 6.45) is 3.59. The lowest BCUT2D eigenvalue weighted by Crippen LogP contribution is -2.37. The normalized spacial score (nSPS) is 17.4. The van der Waals surface area contributed by atoms with Crippen LogP contribution in [0.15, 0.2) is 30.3 Å². The molecule has 6 nitrogen and oxygen atoms in total. The molecule has 0 saturated carbocycles. The van der Waals surface area contributed by atoms with Gasteiger partial charge in [-0.25, -0.2) is 0 Å². The van der Waals surface area contributed by atoms with Crippen LogP contribution < -0.4 is 10.6 Å². The zero-order valence-corrected chi connectivity index (χ0v) is 15.4. The van der Waals surface area contributed by atoms with Gasteiger partial charge >= 0.3 is 0 Å². The summed E-state index contributed by atoms with van der Waals surface area (Å²) >= 11 is 0. The SMILES string of the molecule is C[C@@H](c1nc(N)nc(N(C)C)n1)N1CCC(Cc2ccccc2)CC1. The van der Waals surface area contributed by atoms with Crippen LogP contribution in [-0.4, -0.2) is 47.0 Å². The molecular formula is C19H28N6. The fourth-order valence-electron chi connectivity index (χ4n) is 3.44. The number of nitrogen functional groups attached to an aromatic ring is 1. The molecule has 1 fully saturated rings. The number of hydrogen-bond acceptors (Lipinski definition) is 6. The van der Waals surface area contributed by atoms with Gasteiger partial charge in [0.2, 0.25) is 11.9 Å². The molecule has 1 atom stereocenters. The zero-order chi connectivity index (χ0) is 17.8. The Morgan fingerprint density at radius 3 is 2.44 bits per heavy atom. The Balaban J connectivity index is 1.61. The van der Waals surface area contributed by atoms with Crippen LogP contribution in [0.1, 0.15) is 37.2 Å². The van der Waals surface area contributed by atoms with Crippen molar-refractivity contribution >= 4 is 11.9 Å². The van der Waals surface area contributed by atoms with Gasteiger partial charge in [-0.2, -0.15) is 15.0 Å². The maximum Gasteiger partial charge on any atom is 0.229 e. The summed E-state index contributed by atoms with van der Waals surface area (Å²) in [6.45, 7) is 4.30. The van der Waals surface area contributed by atoms with E-state index in [1.165, 1.54) is 24.8 Å². The number of aromatic nitrogens is 3. The molecule has 0 radical (unpaired) electrons. The van der Waals surface area contributed by atoms with Crippen molar-refractivity contribution in [3.05, 3.63) is 41.7 Å². The fourth-order valence-corrected chi connectivity index (χ4v) is 3.44. The van der Waals surface area contributed by atoms with E-state index < -0.39 is 0 Å². The van der Waals surface area contributed by atoms with Gasteiger partial charge in [0, 0.05) is 14.1 Å². The Hall–Kier alpha value is -2.21. The van der Waals surface area contributed by atoms with Crippen LogP contribution in [0.5, 0.6) is 0 Å². The molecule has 1 saturated heterocycles. The first-order chi connectivity index (χ1) is 12.0. The lowest BCUT2D eigenvalue weighted by atomic mass is 9.89. The van der Waals surface area contributed by atoms with E-state index in [1.807, 2.05) is 19.0 Å². The van der Waals surface area contributed by atoms with Gasteiger partial charge in [-0.15, -0.1) is 0 Å². The van der Waals surface area contributed by atoms with Crippen molar-refractivity contribution in [2.24, 2.45) is 5.92 Å². The monoisotopic (exact) mass is 340 g/mol. The van der Waals surface area contributed by atoms with Gasteiger partial charge in [-0.1, -0.05) is 30.3 Å². The standard InChI is InChI=1S/C19H28N6/c1-14(17-21-18(20)23-19(22-17)24(2)3)25-11-9-16(10-12-25)13-15-7-5-4-6-8-15/h4-8,14,16H,9-13H2,1-3H3,(H2,20,21,22,23)/t14-/m0/s1. The first-order valence-electron chi connectivity index (χ1n) is 8.99. The molecule has 25 heavy (non-hydrogen) atoms. The molecule has 1 aromatic carbocycles.